The number of benzene rings is 8. The molecule has 0 N–H and O–H groups in total. The topological polar surface area (TPSA) is 43.9 Å². The van der Waals surface area contributed by atoms with Crippen LogP contribution < -0.4 is 0 Å². The molecule has 4 heteroatoms. The number of hydrogen-bond acceptors (Lipinski definition) is 3. The van der Waals surface area contributed by atoms with E-state index in [-0.39, 0.29) is 0 Å². The fraction of sp³-hybridized carbons (Fsp3) is 0. The largest absolute Gasteiger partial charge is 0.455 e. The molecule has 0 amide bonds. The minimum absolute atomic E-state index is 0.633. The number of rotatable bonds is 3. The van der Waals surface area contributed by atoms with Gasteiger partial charge in [-0.25, -0.2) is 9.97 Å². The molecule has 0 fully saturated rings. The molecule has 0 atom stereocenters. The smallest absolute Gasteiger partial charge is 0.235 e. The summed E-state index contributed by atoms with van der Waals surface area (Å²) in [6.45, 7) is 0. The molecule has 0 saturated carbocycles. The maximum absolute atomic E-state index is 6.78. The highest BCUT2D eigenvalue weighted by Crippen LogP contribution is 2.44. The summed E-state index contributed by atoms with van der Waals surface area (Å²) in [7, 11) is 0. The molecule has 8 aromatic carbocycles. The normalized spacial score (nSPS) is 12.0. The van der Waals surface area contributed by atoms with Gasteiger partial charge in [0, 0.05) is 49.0 Å². The van der Waals surface area contributed by atoms with Crippen LogP contribution in [0.1, 0.15) is 0 Å². The standard InChI is InChI=1S/C46H27N3O/c1-2-14-30(15-3-1)42-37-18-8-9-23-39(37)47-46(48-42)49-43-32-17-7-5-13-29(32)24-26-35(43)33-19-10-20-34(44(33)49)36-21-11-22-38-41-31-16-6-4-12-28(31)25-27-40(41)50-45(36)38/h1-27H. The Kier molecular flexibility index (Phi) is 5.63. The van der Waals surface area contributed by atoms with E-state index >= 15 is 0 Å². The molecule has 4 nitrogen and oxygen atoms in total. The summed E-state index contributed by atoms with van der Waals surface area (Å²) >= 11 is 0. The van der Waals surface area contributed by atoms with E-state index in [1.54, 1.807) is 0 Å². The number of aromatic nitrogens is 3. The second kappa shape index (κ2) is 10.4. The Morgan fingerprint density at radius 3 is 1.92 bits per heavy atom. The van der Waals surface area contributed by atoms with Crippen molar-refractivity contribution in [3.05, 3.63) is 164 Å². The Bertz CT molecular complexity index is 3150. The van der Waals surface area contributed by atoms with Gasteiger partial charge in [0.1, 0.15) is 11.2 Å². The summed E-state index contributed by atoms with van der Waals surface area (Å²) in [5.74, 6) is 0.633. The molecular formula is C46H27N3O. The van der Waals surface area contributed by atoms with E-state index in [9.17, 15) is 0 Å². The molecule has 232 valence electrons. The summed E-state index contributed by atoms with van der Waals surface area (Å²) < 4.78 is 9.07. The average Bonchev–Trinajstić information content (AvgIpc) is 3.75. The van der Waals surface area contributed by atoms with Gasteiger partial charge in [0.05, 0.1) is 22.2 Å². The van der Waals surface area contributed by atoms with E-state index in [1.165, 1.54) is 16.2 Å². The first-order chi connectivity index (χ1) is 24.8. The van der Waals surface area contributed by atoms with Gasteiger partial charge in [-0.05, 0) is 28.3 Å². The molecule has 3 heterocycles. The lowest BCUT2D eigenvalue weighted by Gasteiger charge is -2.14. The van der Waals surface area contributed by atoms with E-state index in [1.807, 2.05) is 12.1 Å². The van der Waals surface area contributed by atoms with Gasteiger partial charge in [-0.3, -0.25) is 4.57 Å². The third kappa shape index (κ3) is 3.81. The zero-order chi connectivity index (χ0) is 32.8. The lowest BCUT2D eigenvalue weighted by atomic mass is 9.98. The number of fused-ring (bicyclic) bond motifs is 11. The van der Waals surface area contributed by atoms with Gasteiger partial charge in [0.15, 0.2) is 0 Å². The van der Waals surface area contributed by atoms with E-state index < -0.39 is 0 Å². The van der Waals surface area contributed by atoms with Crippen LogP contribution in [0.5, 0.6) is 0 Å². The van der Waals surface area contributed by atoms with Crippen LogP contribution in [-0.4, -0.2) is 14.5 Å². The SMILES string of the molecule is c1ccc(-c2nc(-n3c4c(-c5cccc6c5oc5ccc7ccccc7c56)cccc4c4ccc5ccccc5c43)nc3ccccc23)cc1. The minimum atomic E-state index is 0.633. The summed E-state index contributed by atoms with van der Waals surface area (Å²) in [6.07, 6.45) is 0. The molecule has 0 unspecified atom stereocenters. The second-order valence-corrected chi connectivity index (χ2v) is 12.9. The summed E-state index contributed by atoms with van der Waals surface area (Å²) in [4.78, 5) is 10.7. The number of hydrogen-bond donors (Lipinski definition) is 0. The molecule has 0 aliphatic carbocycles. The molecule has 11 rings (SSSR count). The third-order valence-electron chi connectivity index (χ3n) is 10.2. The van der Waals surface area contributed by atoms with Crippen LogP contribution >= 0.6 is 0 Å². The van der Waals surface area contributed by atoms with Gasteiger partial charge in [0.2, 0.25) is 5.95 Å². The quantitative estimate of drug-likeness (QED) is 0.194. The molecule has 0 radical (unpaired) electrons. The highest BCUT2D eigenvalue weighted by Gasteiger charge is 2.23. The Balaban J connectivity index is 1.31. The molecule has 50 heavy (non-hydrogen) atoms. The minimum Gasteiger partial charge on any atom is -0.455 e. The molecule has 0 bridgehead atoms. The van der Waals surface area contributed by atoms with Crippen molar-refractivity contribution in [1.29, 1.82) is 0 Å². The summed E-state index contributed by atoms with van der Waals surface area (Å²) in [6, 6.07) is 57.6. The molecule has 0 aliphatic heterocycles. The maximum atomic E-state index is 6.78. The first-order valence-corrected chi connectivity index (χ1v) is 16.9. The summed E-state index contributed by atoms with van der Waals surface area (Å²) in [5.41, 5.74) is 8.85. The van der Waals surface area contributed by atoms with Gasteiger partial charge in [-0.1, -0.05) is 152 Å². The number of furan rings is 1. The highest BCUT2D eigenvalue weighted by molar-refractivity contribution is 6.24. The molecule has 0 spiro atoms. The molecule has 3 aromatic heterocycles. The van der Waals surface area contributed by atoms with Crippen molar-refractivity contribution in [2.45, 2.75) is 0 Å². The van der Waals surface area contributed by atoms with E-state index in [0.29, 0.717) is 5.95 Å². The maximum Gasteiger partial charge on any atom is 0.235 e. The van der Waals surface area contributed by atoms with E-state index in [0.717, 1.165) is 82.4 Å². The van der Waals surface area contributed by atoms with Crippen LogP contribution in [0.4, 0.5) is 0 Å². The zero-order valence-electron chi connectivity index (χ0n) is 26.8. The Labute approximate surface area is 286 Å². The van der Waals surface area contributed by atoms with Gasteiger partial charge >= 0.3 is 0 Å². The van der Waals surface area contributed by atoms with Crippen molar-refractivity contribution in [2.75, 3.05) is 0 Å². The van der Waals surface area contributed by atoms with Gasteiger partial charge in [0.25, 0.3) is 0 Å². The average molecular weight is 638 g/mol. The van der Waals surface area contributed by atoms with Crippen LogP contribution in [0.25, 0.3) is 105 Å². The van der Waals surface area contributed by atoms with Crippen molar-refractivity contribution in [2.24, 2.45) is 0 Å². The zero-order valence-corrected chi connectivity index (χ0v) is 26.8. The van der Waals surface area contributed by atoms with Gasteiger partial charge in [-0.15, -0.1) is 0 Å². The first-order valence-electron chi connectivity index (χ1n) is 16.9. The van der Waals surface area contributed by atoms with E-state index in [4.69, 9.17) is 14.4 Å². The summed E-state index contributed by atoms with van der Waals surface area (Å²) in [5, 5.41) is 10.3. The van der Waals surface area contributed by atoms with E-state index in [2.05, 4.69) is 156 Å². The highest BCUT2D eigenvalue weighted by atomic mass is 16.3. The van der Waals surface area contributed by atoms with Gasteiger partial charge < -0.3 is 4.42 Å². The number of nitrogens with zero attached hydrogens (tertiary/aromatic N) is 3. The van der Waals surface area contributed by atoms with Crippen LogP contribution in [0.3, 0.4) is 0 Å². The molecule has 0 aliphatic rings. The van der Waals surface area contributed by atoms with Crippen LogP contribution in [0, 0.1) is 0 Å². The predicted molar refractivity (Wildman–Crippen MR) is 207 cm³/mol. The molecule has 11 aromatic rings. The van der Waals surface area contributed by atoms with Crippen molar-refractivity contribution in [1.82, 2.24) is 14.5 Å². The Morgan fingerprint density at radius 1 is 0.420 bits per heavy atom. The van der Waals surface area contributed by atoms with Crippen LogP contribution in [-0.2, 0) is 0 Å². The van der Waals surface area contributed by atoms with Crippen molar-refractivity contribution < 1.29 is 4.42 Å². The Hall–Kier alpha value is -6.78. The fourth-order valence-corrected chi connectivity index (χ4v) is 8.00. The van der Waals surface area contributed by atoms with Crippen molar-refractivity contribution in [3.63, 3.8) is 0 Å². The van der Waals surface area contributed by atoms with Crippen molar-refractivity contribution in [3.8, 4) is 28.3 Å². The Morgan fingerprint density at radius 2 is 1.06 bits per heavy atom. The first kappa shape index (κ1) is 27.2. The third-order valence-corrected chi connectivity index (χ3v) is 10.2. The number of para-hydroxylation sites is 3. The monoisotopic (exact) mass is 637 g/mol. The second-order valence-electron chi connectivity index (χ2n) is 12.9. The predicted octanol–water partition coefficient (Wildman–Crippen LogP) is 12.3. The van der Waals surface area contributed by atoms with Crippen LogP contribution in [0.15, 0.2) is 168 Å². The fourth-order valence-electron chi connectivity index (χ4n) is 8.00. The lowest BCUT2D eigenvalue weighted by molar-refractivity contribution is 0.670. The molecule has 0 saturated heterocycles. The van der Waals surface area contributed by atoms with Crippen LogP contribution in [0.2, 0.25) is 0 Å². The van der Waals surface area contributed by atoms with Gasteiger partial charge in [-0.2, -0.15) is 0 Å². The van der Waals surface area contributed by atoms with Crippen molar-refractivity contribution >= 4 is 76.2 Å². The molecular weight excluding hydrogens is 611 g/mol. The lowest BCUT2D eigenvalue weighted by Crippen LogP contribution is -2.04.